The Bertz CT molecular complexity index is 597. The Morgan fingerprint density at radius 1 is 1.05 bits per heavy atom. The van der Waals surface area contributed by atoms with Crippen LogP contribution in [0.2, 0.25) is 10.0 Å². The molecule has 1 atom stereocenters. The summed E-state index contributed by atoms with van der Waals surface area (Å²) in [4.78, 5) is 0. The molecular weight excluding hydrogens is 425 g/mol. The molecule has 5 heteroatoms. The first-order valence-electron chi connectivity index (χ1n) is 6.07. The molecule has 1 unspecified atom stereocenters. The van der Waals surface area contributed by atoms with E-state index in [0.29, 0.717) is 0 Å². The van der Waals surface area contributed by atoms with Crippen molar-refractivity contribution < 1.29 is 0 Å². The molecule has 0 aliphatic carbocycles. The number of rotatable bonds is 4. The maximum atomic E-state index is 6.29. The van der Waals surface area contributed by atoms with Gasteiger partial charge in [-0.3, -0.25) is 0 Å². The normalized spacial score (nSPS) is 12.4. The van der Waals surface area contributed by atoms with Crippen molar-refractivity contribution in [1.82, 2.24) is 5.32 Å². The van der Waals surface area contributed by atoms with Gasteiger partial charge in [0.05, 0.1) is 0 Å². The van der Waals surface area contributed by atoms with Gasteiger partial charge >= 0.3 is 0 Å². The van der Waals surface area contributed by atoms with E-state index in [9.17, 15) is 0 Å². The first-order chi connectivity index (χ1) is 9.49. The van der Waals surface area contributed by atoms with Crippen LogP contribution in [0.25, 0.3) is 0 Å². The number of hydrogen-bond donors (Lipinski definition) is 1. The molecule has 0 radical (unpaired) electrons. The van der Waals surface area contributed by atoms with E-state index in [4.69, 9.17) is 23.2 Å². The standard InChI is InChI=1S/C15H13Br2Cl2N/c1-20-15(10-4-12(17)7-13(18)5-10)6-9-2-3-11(16)8-14(9)19/h2-5,7-8,15,20H,6H2,1H3. The van der Waals surface area contributed by atoms with Crippen molar-refractivity contribution >= 4 is 55.1 Å². The highest BCUT2D eigenvalue weighted by molar-refractivity contribution is 9.10. The van der Waals surface area contributed by atoms with E-state index in [2.05, 4.69) is 43.2 Å². The fraction of sp³-hybridized carbons (Fsp3) is 0.200. The highest BCUT2D eigenvalue weighted by Crippen LogP contribution is 2.29. The Morgan fingerprint density at radius 3 is 2.40 bits per heavy atom. The van der Waals surface area contributed by atoms with E-state index in [-0.39, 0.29) is 6.04 Å². The summed E-state index contributed by atoms with van der Waals surface area (Å²) >= 11 is 19.3. The Hall–Kier alpha value is -0.0600. The molecule has 0 fully saturated rings. The molecular formula is C15H13Br2Cl2N. The van der Waals surface area contributed by atoms with Gasteiger partial charge in [0.1, 0.15) is 0 Å². The summed E-state index contributed by atoms with van der Waals surface area (Å²) in [6, 6.07) is 12.0. The zero-order chi connectivity index (χ0) is 14.7. The Labute approximate surface area is 145 Å². The summed E-state index contributed by atoms with van der Waals surface area (Å²) in [6.45, 7) is 0. The molecule has 0 spiro atoms. The molecule has 1 N–H and O–H groups in total. The lowest BCUT2D eigenvalue weighted by molar-refractivity contribution is 0.592. The quantitative estimate of drug-likeness (QED) is 0.616. The van der Waals surface area contributed by atoms with Crippen molar-refractivity contribution in [2.24, 2.45) is 0 Å². The van der Waals surface area contributed by atoms with E-state index in [0.717, 1.165) is 36.5 Å². The molecule has 0 heterocycles. The highest BCUT2D eigenvalue weighted by atomic mass is 79.9. The van der Waals surface area contributed by atoms with Crippen LogP contribution in [0.15, 0.2) is 45.3 Å². The first kappa shape index (κ1) is 16.3. The van der Waals surface area contributed by atoms with Crippen molar-refractivity contribution in [2.45, 2.75) is 12.5 Å². The van der Waals surface area contributed by atoms with Crippen molar-refractivity contribution in [3.63, 3.8) is 0 Å². The average molecular weight is 438 g/mol. The molecule has 2 rings (SSSR count). The van der Waals surface area contributed by atoms with E-state index >= 15 is 0 Å². The summed E-state index contributed by atoms with van der Waals surface area (Å²) in [5, 5.41) is 4.80. The Kier molecular flexibility index (Phi) is 5.94. The van der Waals surface area contributed by atoms with Gasteiger partial charge in [-0.15, -0.1) is 0 Å². The highest BCUT2D eigenvalue weighted by Gasteiger charge is 2.13. The average Bonchev–Trinajstić information content (AvgIpc) is 2.36. The molecule has 106 valence electrons. The molecule has 0 aliphatic rings. The van der Waals surface area contributed by atoms with Crippen molar-refractivity contribution in [3.8, 4) is 0 Å². The fourth-order valence-electron chi connectivity index (χ4n) is 2.07. The van der Waals surface area contributed by atoms with Crippen LogP contribution in [0.3, 0.4) is 0 Å². The Balaban J connectivity index is 2.28. The van der Waals surface area contributed by atoms with Gasteiger partial charge in [0.15, 0.2) is 0 Å². The SMILES string of the molecule is CNC(Cc1ccc(Br)cc1Cl)c1cc(Cl)cc(Br)c1. The molecule has 0 bridgehead atoms. The minimum atomic E-state index is 0.156. The summed E-state index contributed by atoms with van der Waals surface area (Å²) in [7, 11) is 1.94. The lowest BCUT2D eigenvalue weighted by Gasteiger charge is -2.18. The number of benzene rings is 2. The molecule has 0 amide bonds. The molecule has 1 nitrogen and oxygen atoms in total. The van der Waals surface area contributed by atoms with E-state index < -0.39 is 0 Å². The molecule has 0 aliphatic heterocycles. The predicted molar refractivity (Wildman–Crippen MR) is 93.8 cm³/mol. The van der Waals surface area contributed by atoms with E-state index in [1.54, 1.807) is 0 Å². The summed E-state index contributed by atoms with van der Waals surface area (Å²) in [5.74, 6) is 0. The van der Waals surface area contributed by atoms with Gasteiger partial charge in [0, 0.05) is 25.0 Å². The van der Waals surface area contributed by atoms with Gasteiger partial charge in [0.2, 0.25) is 0 Å². The van der Waals surface area contributed by atoms with Crippen LogP contribution in [-0.4, -0.2) is 7.05 Å². The maximum Gasteiger partial charge on any atom is 0.0449 e. The van der Waals surface area contributed by atoms with Gasteiger partial charge in [-0.25, -0.2) is 0 Å². The van der Waals surface area contributed by atoms with E-state index in [1.807, 2.05) is 37.4 Å². The Morgan fingerprint density at radius 2 is 1.80 bits per heavy atom. The van der Waals surface area contributed by atoms with Crippen molar-refractivity contribution in [1.29, 1.82) is 0 Å². The van der Waals surface area contributed by atoms with Crippen LogP contribution in [0, 0.1) is 0 Å². The molecule has 2 aromatic carbocycles. The molecule has 20 heavy (non-hydrogen) atoms. The molecule has 0 aromatic heterocycles. The van der Waals surface area contributed by atoms with Gasteiger partial charge in [0.25, 0.3) is 0 Å². The summed E-state index contributed by atoms with van der Waals surface area (Å²) in [5.41, 5.74) is 2.23. The van der Waals surface area contributed by atoms with Gasteiger partial charge in [-0.05, 0) is 54.9 Å². The number of halogens is 4. The van der Waals surface area contributed by atoms with Crippen LogP contribution < -0.4 is 5.32 Å². The van der Waals surface area contributed by atoms with Crippen LogP contribution in [0.5, 0.6) is 0 Å². The van der Waals surface area contributed by atoms with Crippen LogP contribution >= 0.6 is 55.1 Å². The van der Waals surface area contributed by atoms with Crippen LogP contribution in [-0.2, 0) is 6.42 Å². The smallest absolute Gasteiger partial charge is 0.0449 e. The topological polar surface area (TPSA) is 12.0 Å². The molecule has 0 saturated heterocycles. The lowest BCUT2D eigenvalue weighted by Crippen LogP contribution is -2.19. The third-order valence-electron chi connectivity index (χ3n) is 3.07. The number of nitrogens with one attached hydrogen (secondary N) is 1. The van der Waals surface area contributed by atoms with Crippen molar-refractivity contribution in [3.05, 3.63) is 66.5 Å². The van der Waals surface area contributed by atoms with Gasteiger partial charge < -0.3 is 5.32 Å². The van der Waals surface area contributed by atoms with Crippen LogP contribution in [0.1, 0.15) is 17.2 Å². The monoisotopic (exact) mass is 435 g/mol. The predicted octanol–water partition coefficient (Wildman–Crippen LogP) is 6.02. The second kappa shape index (κ2) is 7.28. The molecule has 2 aromatic rings. The van der Waals surface area contributed by atoms with Gasteiger partial charge in [-0.2, -0.15) is 0 Å². The largest absolute Gasteiger partial charge is 0.313 e. The minimum absolute atomic E-state index is 0.156. The molecule has 0 saturated carbocycles. The summed E-state index contributed by atoms with van der Waals surface area (Å²) < 4.78 is 1.96. The summed E-state index contributed by atoms with van der Waals surface area (Å²) in [6.07, 6.45) is 0.801. The lowest BCUT2D eigenvalue weighted by atomic mass is 9.99. The minimum Gasteiger partial charge on any atom is -0.313 e. The van der Waals surface area contributed by atoms with E-state index in [1.165, 1.54) is 0 Å². The third kappa shape index (κ3) is 4.22. The maximum absolute atomic E-state index is 6.29. The first-order valence-corrected chi connectivity index (χ1v) is 8.41. The second-order valence-corrected chi connectivity index (χ2v) is 7.16. The van der Waals surface area contributed by atoms with Crippen LogP contribution in [0.4, 0.5) is 0 Å². The zero-order valence-electron chi connectivity index (χ0n) is 10.8. The zero-order valence-corrected chi connectivity index (χ0v) is 15.4. The fourth-order valence-corrected chi connectivity index (χ4v) is 3.71. The van der Waals surface area contributed by atoms with Gasteiger partial charge in [-0.1, -0.05) is 61.1 Å². The third-order valence-corrected chi connectivity index (χ3v) is 4.60. The number of hydrogen-bond acceptors (Lipinski definition) is 1. The second-order valence-electron chi connectivity index (χ2n) is 4.48. The van der Waals surface area contributed by atoms with Crippen molar-refractivity contribution in [2.75, 3.05) is 7.05 Å². The number of likely N-dealkylation sites (N-methyl/N-ethyl adjacent to an activating group) is 1.